The lowest BCUT2D eigenvalue weighted by molar-refractivity contribution is -0.137. The van der Waals surface area contributed by atoms with Gasteiger partial charge in [-0.25, -0.2) is 4.79 Å². The molecule has 0 aliphatic rings. The highest BCUT2D eigenvalue weighted by molar-refractivity contribution is 7.40. The monoisotopic (exact) mass is 238 g/mol. The van der Waals surface area contributed by atoms with Gasteiger partial charge in [0.25, 0.3) is 0 Å². The van der Waals surface area contributed by atoms with Crippen molar-refractivity contribution in [3.05, 3.63) is 12.7 Å². The third-order valence-corrected chi connectivity index (χ3v) is 1.89. The summed E-state index contributed by atoms with van der Waals surface area (Å²) in [6, 6.07) is 0. The summed E-state index contributed by atoms with van der Waals surface area (Å²) in [5, 5.41) is 0. The zero-order chi connectivity index (χ0) is 12.1. The maximum Gasteiger partial charge on any atom is 0.330 e. The van der Waals surface area contributed by atoms with Crippen molar-refractivity contribution in [1.82, 2.24) is 0 Å². The zero-order valence-electron chi connectivity index (χ0n) is 9.43. The van der Waals surface area contributed by atoms with E-state index in [0.717, 1.165) is 6.08 Å². The molecule has 0 aromatic carbocycles. The van der Waals surface area contributed by atoms with Crippen LogP contribution >= 0.6 is 8.60 Å². The zero-order valence-corrected chi connectivity index (χ0v) is 10.3. The van der Waals surface area contributed by atoms with Crippen molar-refractivity contribution < 1.29 is 23.5 Å². The van der Waals surface area contributed by atoms with Gasteiger partial charge in [0, 0.05) is 6.08 Å². The van der Waals surface area contributed by atoms with Crippen LogP contribution in [-0.2, 0) is 18.6 Å². The van der Waals surface area contributed by atoms with Crippen LogP contribution in [0.1, 0.15) is 20.8 Å². The molecule has 0 atom stereocenters. The van der Waals surface area contributed by atoms with Gasteiger partial charge in [0.05, 0.1) is 19.8 Å². The molecule has 0 rings (SSSR count). The van der Waals surface area contributed by atoms with E-state index in [4.69, 9.17) is 4.89 Å². The first-order valence-corrected chi connectivity index (χ1v) is 5.79. The van der Waals surface area contributed by atoms with Gasteiger partial charge in [0.1, 0.15) is 0 Å². The van der Waals surface area contributed by atoms with E-state index >= 15 is 0 Å². The van der Waals surface area contributed by atoms with Crippen LogP contribution in [0.2, 0.25) is 0 Å². The minimum atomic E-state index is -1.58. The fraction of sp³-hybridized carbons (Fsp3) is 0.667. The van der Waals surface area contributed by atoms with E-state index in [-0.39, 0.29) is 5.97 Å². The quantitative estimate of drug-likeness (QED) is 0.435. The molecule has 0 radical (unpaired) electrons. The Morgan fingerprint density at radius 2 is 1.73 bits per heavy atom. The molecule has 0 spiro atoms. The molecule has 0 heterocycles. The van der Waals surface area contributed by atoms with E-state index in [1.807, 2.05) is 13.8 Å². The summed E-state index contributed by atoms with van der Waals surface area (Å²) in [6.07, 6.45) is 1.14. The van der Waals surface area contributed by atoms with Crippen molar-refractivity contribution in [3.8, 4) is 0 Å². The summed E-state index contributed by atoms with van der Waals surface area (Å²) in [5.41, 5.74) is 0. The predicted molar refractivity (Wildman–Crippen MR) is 59.2 cm³/mol. The fourth-order valence-electron chi connectivity index (χ4n) is 0.459. The number of ether oxygens (including phenoxy) is 1. The molecule has 0 aliphatic heterocycles. The SMILES string of the molecule is C=CC(=O)OCC.CCOP(O)OCC. The van der Waals surface area contributed by atoms with Gasteiger partial charge < -0.3 is 18.7 Å². The number of carbonyl (C=O) groups excluding carboxylic acids is 1. The molecule has 0 aliphatic carbocycles. The highest BCUT2D eigenvalue weighted by atomic mass is 31.2. The lowest BCUT2D eigenvalue weighted by atomic mass is 10.6. The first kappa shape index (κ1) is 16.9. The summed E-state index contributed by atoms with van der Waals surface area (Å²) in [7, 11) is -1.58. The number of esters is 1. The van der Waals surface area contributed by atoms with Gasteiger partial charge in [0.15, 0.2) is 0 Å². The van der Waals surface area contributed by atoms with Crippen LogP contribution in [0.25, 0.3) is 0 Å². The predicted octanol–water partition coefficient (Wildman–Crippen LogP) is 2.01. The third kappa shape index (κ3) is 16.2. The first-order valence-electron chi connectivity index (χ1n) is 4.66. The standard InChI is InChI=1S/C5H8O2.C4H11O3P/c1-3-5(6)7-4-2;1-3-6-8(5)7-4-2/h3H,1,4H2,2H3;5H,3-4H2,1-2H3. The molecular formula is C9H19O5P. The van der Waals surface area contributed by atoms with Crippen molar-refractivity contribution in [2.75, 3.05) is 19.8 Å². The van der Waals surface area contributed by atoms with Crippen LogP contribution in [0.4, 0.5) is 0 Å². The minimum Gasteiger partial charge on any atom is -0.463 e. The molecule has 0 unspecified atom stereocenters. The van der Waals surface area contributed by atoms with Gasteiger partial charge in [-0.2, -0.15) is 0 Å². The molecular weight excluding hydrogens is 219 g/mol. The topological polar surface area (TPSA) is 65.0 Å². The Kier molecular flexibility index (Phi) is 15.3. The van der Waals surface area contributed by atoms with Crippen molar-refractivity contribution in [3.63, 3.8) is 0 Å². The van der Waals surface area contributed by atoms with Crippen molar-refractivity contribution >= 4 is 14.6 Å². The normalized spacial score (nSPS) is 9.13. The average Bonchev–Trinajstić information content (AvgIpc) is 2.20. The van der Waals surface area contributed by atoms with Crippen LogP contribution in [0.5, 0.6) is 0 Å². The second-order valence-electron chi connectivity index (χ2n) is 2.03. The highest BCUT2D eigenvalue weighted by Crippen LogP contribution is 2.31. The Hall–Kier alpha value is -0.480. The van der Waals surface area contributed by atoms with Crippen molar-refractivity contribution in [2.45, 2.75) is 20.8 Å². The Morgan fingerprint density at radius 1 is 1.27 bits per heavy atom. The lowest BCUT2D eigenvalue weighted by Gasteiger charge is -2.05. The second kappa shape index (κ2) is 13.5. The van der Waals surface area contributed by atoms with E-state index in [9.17, 15) is 4.79 Å². The Bertz CT molecular complexity index is 157. The molecule has 0 bridgehead atoms. The third-order valence-electron chi connectivity index (χ3n) is 0.932. The maximum absolute atomic E-state index is 10.1. The van der Waals surface area contributed by atoms with E-state index < -0.39 is 8.60 Å². The van der Waals surface area contributed by atoms with Crippen LogP contribution in [-0.4, -0.2) is 30.7 Å². The lowest BCUT2D eigenvalue weighted by Crippen LogP contribution is -1.97. The number of rotatable bonds is 6. The average molecular weight is 238 g/mol. The first-order chi connectivity index (χ1) is 7.12. The molecule has 0 amide bonds. The minimum absolute atomic E-state index is 0.359. The highest BCUT2D eigenvalue weighted by Gasteiger charge is 2.00. The van der Waals surface area contributed by atoms with E-state index in [1.165, 1.54) is 0 Å². The Balaban J connectivity index is 0. The van der Waals surface area contributed by atoms with Gasteiger partial charge in [-0.1, -0.05) is 6.58 Å². The maximum atomic E-state index is 10.1. The van der Waals surface area contributed by atoms with Crippen molar-refractivity contribution in [2.24, 2.45) is 0 Å². The fourth-order valence-corrected chi connectivity index (χ4v) is 0.976. The van der Waals surface area contributed by atoms with E-state index in [2.05, 4.69) is 20.4 Å². The molecule has 0 aromatic rings. The number of hydrogen-bond acceptors (Lipinski definition) is 5. The van der Waals surface area contributed by atoms with Crippen LogP contribution in [0, 0.1) is 0 Å². The summed E-state index contributed by atoms with van der Waals surface area (Å²) < 4.78 is 13.8. The largest absolute Gasteiger partial charge is 0.463 e. The van der Waals surface area contributed by atoms with Gasteiger partial charge in [-0.3, -0.25) is 0 Å². The Labute approximate surface area is 92.0 Å². The molecule has 90 valence electrons. The van der Waals surface area contributed by atoms with Gasteiger partial charge in [0.2, 0.25) is 0 Å². The summed E-state index contributed by atoms with van der Waals surface area (Å²) in [6.45, 7) is 10.0. The smallest absolute Gasteiger partial charge is 0.330 e. The molecule has 6 heteroatoms. The molecule has 0 saturated heterocycles. The number of carbonyl (C=O) groups is 1. The molecule has 0 saturated carbocycles. The molecule has 1 N–H and O–H groups in total. The molecule has 0 aromatic heterocycles. The molecule has 5 nitrogen and oxygen atoms in total. The summed E-state index contributed by atoms with van der Waals surface area (Å²) in [5.74, 6) is -0.359. The number of hydrogen-bond donors (Lipinski definition) is 1. The van der Waals surface area contributed by atoms with Gasteiger partial charge in [-0.05, 0) is 20.8 Å². The summed E-state index contributed by atoms with van der Waals surface area (Å²) >= 11 is 0. The van der Waals surface area contributed by atoms with Crippen LogP contribution in [0.3, 0.4) is 0 Å². The summed E-state index contributed by atoms with van der Waals surface area (Å²) in [4.78, 5) is 18.7. The van der Waals surface area contributed by atoms with Gasteiger partial charge in [-0.15, -0.1) is 0 Å². The Morgan fingerprint density at radius 3 is 1.93 bits per heavy atom. The second-order valence-corrected chi connectivity index (χ2v) is 3.02. The van der Waals surface area contributed by atoms with Crippen LogP contribution < -0.4 is 0 Å². The van der Waals surface area contributed by atoms with Crippen LogP contribution in [0.15, 0.2) is 12.7 Å². The van der Waals surface area contributed by atoms with E-state index in [0.29, 0.717) is 19.8 Å². The van der Waals surface area contributed by atoms with E-state index in [1.54, 1.807) is 6.92 Å². The molecule has 0 fully saturated rings. The molecule has 15 heavy (non-hydrogen) atoms. The van der Waals surface area contributed by atoms with Crippen molar-refractivity contribution in [1.29, 1.82) is 0 Å². The van der Waals surface area contributed by atoms with Gasteiger partial charge >= 0.3 is 14.6 Å².